The molecule has 2 saturated heterocycles. The fraction of sp³-hybridized carbons (Fsp3) is 0.500. The Morgan fingerprint density at radius 2 is 2.21 bits per heavy atom. The Labute approximate surface area is 120 Å². The van der Waals surface area contributed by atoms with Gasteiger partial charge in [-0.2, -0.15) is 0 Å². The number of fused-ring (bicyclic) bond motifs is 1. The first-order valence-electron chi connectivity index (χ1n) is 6.68. The maximum Gasteiger partial charge on any atom is 0.337 e. The fourth-order valence-electron chi connectivity index (χ4n) is 3.27. The minimum absolute atomic E-state index is 0.347. The molecule has 1 aromatic carbocycles. The first-order valence-corrected chi connectivity index (χ1v) is 7.48. The molecule has 0 saturated carbocycles. The second kappa shape index (κ2) is 5.13. The fourth-order valence-corrected chi connectivity index (χ4v) is 3.63. The molecular formula is C14H17BrN2O2. The monoisotopic (exact) mass is 324 g/mol. The van der Waals surface area contributed by atoms with Crippen LogP contribution in [0.1, 0.15) is 29.6 Å². The summed E-state index contributed by atoms with van der Waals surface area (Å²) >= 11 is 3.41. The van der Waals surface area contributed by atoms with Gasteiger partial charge in [-0.25, -0.2) is 4.79 Å². The highest BCUT2D eigenvalue weighted by Crippen LogP contribution is 2.31. The minimum atomic E-state index is -0.878. The van der Waals surface area contributed by atoms with E-state index in [1.54, 1.807) is 12.1 Å². The molecule has 2 atom stereocenters. The molecule has 0 radical (unpaired) electrons. The van der Waals surface area contributed by atoms with E-state index in [4.69, 9.17) is 0 Å². The van der Waals surface area contributed by atoms with E-state index >= 15 is 0 Å². The number of hydrogen-bond donors (Lipinski definition) is 2. The van der Waals surface area contributed by atoms with Gasteiger partial charge in [0.05, 0.1) is 11.3 Å². The van der Waals surface area contributed by atoms with Crippen LogP contribution in [-0.2, 0) is 0 Å². The van der Waals surface area contributed by atoms with Crippen molar-refractivity contribution in [1.29, 1.82) is 0 Å². The van der Waals surface area contributed by atoms with Crippen LogP contribution in [0.25, 0.3) is 0 Å². The highest BCUT2D eigenvalue weighted by atomic mass is 79.9. The van der Waals surface area contributed by atoms with Crippen molar-refractivity contribution in [3.05, 3.63) is 28.2 Å². The van der Waals surface area contributed by atoms with Crippen LogP contribution in [0.15, 0.2) is 22.7 Å². The SMILES string of the molecule is O=C(O)c1ccc(Br)cc1NC1CCN2CCCC12. The van der Waals surface area contributed by atoms with E-state index < -0.39 is 5.97 Å². The quantitative estimate of drug-likeness (QED) is 0.897. The highest BCUT2D eigenvalue weighted by Gasteiger charge is 2.37. The summed E-state index contributed by atoms with van der Waals surface area (Å²) in [6.45, 7) is 2.31. The van der Waals surface area contributed by atoms with Crippen LogP contribution in [0.3, 0.4) is 0 Å². The molecule has 5 heteroatoms. The third-order valence-electron chi connectivity index (χ3n) is 4.16. The zero-order valence-electron chi connectivity index (χ0n) is 10.6. The van der Waals surface area contributed by atoms with Gasteiger partial charge in [-0.3, -0.25) is 4.90 Å². The summed E-state index contributed by atoms with van der Waals surface area (Å²) in [6, 6.07) is 6.22. The molecule has 0 aliphatic carbocycles. The van der Waals surface area contributed by atoms with Crippen molar-refractivity contribution in [2.45, 2.75) is 31.3 Å². The van der Waals surface area contributed by atoms with E-state index in [0.29, 0.717) is 17.6 Å². The molecule has 2 aliphatic heterocycles. The molecule has 2 aliphatic rings. The number of nitrogens with zero attached hydrogens (tertiary/aromatic N) is 1. The van der Waals surface area contributed by atoms with Gasteiger partial charge in [-0.05, 0) is 44.0 Å². The number of nitrogens with one attached hydrogen (secondary N) is 1. The lowest BCUT2D eigenvalue weighted by Crippen LogP contribution is -2.34. The predicted molar refractivity (Wildman–Crippen MR) is 77.7 cm³/mol. The number of anilines is 1. The van der Waals surface area contributed by atoms with Crippen LogP contribution in [0, 0.1) is 0 Å². The molecule has 102 valence electrons. The molecular weight excluding hydrogens is 308 g/mol. The largest absolute Gasteiger partial charge is 0.478 e. The van der Waals surface area contributed by atoms with Crippen LogP contribution in [0.4, 0.5) is 5.69 Å². The molecule has 2 unspecified atom stereocenters. The first-order chi connectivity index (χ1) is 9.15. The van der Waals surface area contributed by atoms with Crippen LogP contribution in [0.5, 0.6) is 0 Å². The number of carboxylic acid groups (broad SMARTS) is 1. The van der Waals surface area contributed by atoms with Crippen molar-refractivity contribution in [2.24, 2.45) is 0 Å². The Morgan fingerprint density at radius 1 is 1.37 bits per heavy atom. The number of rotatable bonds is 3. The summed E-state index contributed by atoms with van der Waals surface area (Å²) in [5.41, 5.74) is 1.07. The van der Waals surface area contributed by atoms with Crippen LogP contribution >= 0.6 is 15.9 Å². The number of carboxylic acids is 1. The van der Waals surface area contributed by atoms with Crippen LogP contribution in [0.2, 0.25) is 0 Å². The van der Waals surface area contributed by atoms with Crippen LogP contribution in [-0.4, -0.2) is 41.1 Å². The molecule has 0 aromatic heterocycles. The van der Waals surface area contributed by atoms with Gasteiger partial charge in [0, 0.05) is 23.1 Å². The van der Waals surface area contributed by atoms with Crippen molar-refractivity contribution in [3.63, 3.8) is 0 Å². The lowest BCUT2D eigenvalue weighted by atomic mass is 10.1. The Kier molecular flexibility index (Phi) is 3.50. The second-order valence-electron chi connectivity index (χ2n) is 5.28. The molecule has 19 heavy (non-hydrogen) atoms. The van der Waals surface area contributed by atoms with Gasteiger partial charge in [-0.15, -0.1) is 0 Å². The number of carbonyl (C=O) groups is 1. The third kappa shape index (κ3) is 2.49. The van der Waals surface area contributed by atoms with Gasteiger partial charge in [0.25, 0.3) is 0 Å². The van der Waals surface area contributed by atoms with E-state index in [1.165, 1.54) is 19.4 Å². The molecule has 0 spiro atoms. The van der Waals surface area contributed by atoms with E-state index in [2.05, 4.69) is 26.1 Å². The molecule has 0 bridgehead atoms. The normalized spacial score (nSPS) is 26.4. The first kappa shape index (κ1) is 12.9. The van der Waals surface area contributed by atoms with Crippen molar-refractivity contribution in [1.82, 2.24) is 4.90 Å². The van der Waals surface area contributed by atoms with Crippen LogP contribution < -0.4 is 5.32 Å². The molecule has 3 rings (SSSR count). The summed E-state index contributed by atoms with van der Waals surface area (Å²) in [5.74, 6) is -0.878. The molecule has 0 amide bonds. The highest BCUT2D eigenvalue weighted by molar-refractivity contribution is 9.10. The lowest BCUT2D eigenvalue weighted by Gasteiger charge is -2.23. The van der Waals surface area contributed by atoms with E-state index in [-0.39, 0.29) is 0 Å². The Morgan fingerprint density at radius 3 is 3.00 bits per heavy atom. The van der Waals surface area contributed by atoms with Gasteiger partial charge in [0.2, 0.25) is 0 Å². The van der Waals surface area contributed by atoms with Crippen molar-refractivity contribution in [2.75, 3.05) is 18.4 Å². The van der Waals surface area contributed by atoms with Crippen molar-refractivity contribution < 1.29 is 9.90 Å². The van der Waals surface area contributed by atoms with Gasteiger partial charge in [0.15, 0.2) is 0 Å². The molecule has 2 heterocycles. The topological polar surface area (TPSA) is 52.6 Å². The van der Waals surface area contributed by atoms with E-state index in [1.807, 2.05) is 6.07 Å². The van der Waals surface area contributed by atoms with Gasteiger partial charge >= 0.3 is 5.97 Å². The van der Waals surface area contributed by atoms with Gasteiger partial charge in [-0.1, -0.05) is 15.9 Å². The maximum atomic E-state index is 11.3. The van der Waals surface area contributed by atoms with Gasteiger partial charge in [0.1, 0.15) is 0 Å². The Bertz CT molecular complexity index is 506. The number of benzene rings is 1. The predicted octanol–water partition coefficient (Wildman–Crippen LogP) is 2.80. The van der Waals surface area contributed by atoms with Crippen molar-refractivity contribution >= 4 is 27.6 Å². The van der Waals surface area contributed by atoms with Gasteiger partial charge < -0.3 is 10.4 Å². The zero-order valence-corrected chi connectivity index (χ0v) is 12.2. The molecule has 2 N–H and O–H groups in total. The standard InChI is InChI=1S/C14H17BrN2O2/c15-9-3-4-10(14(18)19)12(8-9)16-11-5-7-17-6-1-2-13(11)17/h3-4,8,11,13,16H,1-2,5-7H2,(H,18,19). The number of halogens is 1. The average molecular weight is 325 g/mol. The minimum Gasteiger partial charge on any atom is -0.478 e. The maximum absolute atomic E-state index is 11.3. The molecule has 1 aromatic rings. The molecule has 4 nitrogen and oxygen atoms in total. The molecule has 2 fully saturated rings. The number of hydrogen-bond acceptors (Lipinski definition) is 3. The summed E-state index contributed by atoms with van der Waals surface area (Å²) in [6.07, 6.45) is 3.57. The van der Waals surface area contributed by atoms with E-state index in [9.17, 15) is 9.90 Å². The smallest absolute Gasteiger partial charge is 0.337 e. The average Bonchev–Trinajstić information content (AvgIpc) is 2.94. The summed E-state index contributed by atoms with van der Waals surface area (Å²) in [5, 5.41) is 12.7. The summed E-state index contributed by atoms with van der Waals surface area (Å²) < 4.78 is 0.904. The lowest BCUT2D eigenvalue weighted by molar-refractivity contribution is 0.0698. The Balaban J connectivity index is 1.83. The summed E-state index contributed by atoms with van der Waals surface area (Å²) in [4.78, 5) is 13.8. The summed E-state index contributed by atoms with van der Waals surface area (Å²) in [7, 11) is 0. The van der Waals surface area contributed by atoms with Crippen molar-refractivity contribution in [3.8, 4) is 0 Å². The second-order valence-corrected chi connectivity index (χ2v) is 6.20. The zero-order chi connectivity index (χ0) is 13.4. The Hall–Kier alpha value is -1.07. The third-order valence-corrected chi connectivity index (χ3v) is 4.65. The van der Waals surface area contributed by atoms with E-state index in [0.717, 1.165) is 23.1 Å². The number of aromatic carboxylic acids is 1.